The minimum Gasteiger partial charge on any atom is -0.459 e. The van der Waals surface area contributed by atoms with Crippen LogP contribution >= 0.6 is 23.4 Å². The number of fused-ring (bicyclic) bond motifs is 1. The van der Waals surface area contributed by atoms with Crippen LogP contribution in [0.25, 0.3) is 21.9 Å². The van der Waals surface area contributed by atoms with E-state index in [4.69, 9.17) is 16.3 Å². The molecule has 0 atom stereocenters. The molecule has 0 bridgehead atoms. The molecule has 0 fully saturated rings. The number of nitrogens with zero attached hydrogens (tertiary/aromatic N) is 3. The molecule has 0 saturated carbocycles. The van der Waals surface area contributed by atoms with Crippen LogP contribution in [0.5, 0.6) is 0 Å². The lowest BCUT2D eigenvalue weighted by Gasteiger charge is -2.19. The van der Waals surface area contributed by atoms with Gasteiger partial charge in [-0.1, -0.05) is 48.9 Å². The van der Waals surface area contributed by atoms with Crippen LogP contribution in [0.3, 0.4) is 0 Å². The number of thioether (sulfide) groups is 1. The van der Waals surface area contributed by atoms with Crippen molar-refractivity contribution in [3.63, 3.8) is 0 Å². The zero-order valence-electron chi connectivity index (χ0n) is 22.1. The van der Waals surface area contributed by atoms with Crippen molar-refractivity contribution in [3.8, 4) is 11.1 Å². The number of ether oxygens (including phenoxy) is 1. The smallest absolute Gasteiger partial charge is 0.328 e. The number of carbonyl (C=O) groups excluding carboxylic acids is 2. The molecule has 38 heavy (non-hydrogen) atoms. The first-order chi connectivity index (χ1) is 18.0. The maximum absolute atomic E-state index is 13.8. The summed E-state index contributed by atoms with van der Waals surface area (Å²) in [4.78, 5) is 39.7. The first kappa shape index (κ1) is 27.7. The van der Waals surface area contributed by atoms with Gasteiger partial charge in [0.05, 0.1) is 23.0 Å². The monoisotopic (exact) mass is 551 g/mol. The molecule has 0 aliphatic rings. The van der Waals surface area contributed by atoms with Gasteiger partial charge in [-0.2, -0.15) is 5.10 Å². The molecule has 2 aromatic carbocycles. The van der Waals surface area contributed by atoms with E-state index in [1.165, 1.54) is 16.3 Å². The summed E-state index contributed by atoms with van der Waals surface area (Å²) in [6.45, 7) is 7.21. The van der Waals surface area contributed by atoms with Crippen LogP contribution in [-0.4, -0.2) is 38.0 Å². The fourth-order valence-electron chi connectivity index (χ4n) is 4.39. The number of Topliss-reactive ketones (excluding diaryl/α,β-unsaturated/α-hetero) is 1. The number of benzene rings is 2. The van der Waals surface area contributed by atoms with Crippen molar-refractivity contribution in [2.75, 3.05) is 6.26 Å². The summed E-state index contributed by atoms with van der Waals surface area (Å²) in [6, 6.07) is 16.4. The molecule has 0 radical (unpaired) electrons. The Bertz CT molecular complexity index is 1570. The lowest BCUT2D eigenvalue weighted by molar-refractivity contribution is -0.155. The topological polar surface area (TPSA) is 83.2 Å². The molecule has 4 rings (SSSR count). The summed E-state index contributed by atoms with van der Waals surface area (Å²) >= 11 is 7.77. The zero-order valence-corrected chi connectivity index (χ0v) is 23.7. The Kier molecular flexibility index (Phi) is 8.13. The van der Waals surface area contributed by atoms with Gasteiger partial charge in [0.25, 0.3) is 5.56 Å². The van der Waals surface area contributed by atoms with Crippen LogP contribution in [0.1, 0.15) is 50.3 Å². The third-order valence-electron chi connectivity index (χ3n) is 5.90. The first-order valence-electron chi connectivity index (χ1n) is 12.3. The van der Waals surface area contributed by atoms with Crippen LogP contribution < -0.4 is 5.56 Å². The highest BCUT2D eigenvalue weighted by Gasteiger charge is 2.24. The van der Waals surface area contributed by atoms with Crippen LogP contribution in [-0.2, 0) is 22.6 Å². The molecule has 0 unspecified atom stereocenters. The van der Waals surface area contributed by atoms with E-state index in [1.807, 2.05) is 63.4 Å². The Labute approximate surface area is 230 Å². The lowest BCUT2D eigenvalue weighted by atomic mass is 9.94. The van der Waals surface area contributed by atoms with Crippen molar-refractivity contribution < 1.29 is 14.3 Å². The summed E-state index contributed by atoms with van der Waals surface area (Å²) in [6.07, 6.45) is 2.10. The second-order valence-electron chi connectivity index (χ2n) is 9.87. The number of pyridine rings is 1. The van der Waals surface area contributed by atoms with Crippen molar-refractivity contribution in [1.82, 2.24) is 14.3 Å². The van der Waals surface area contributed by atoms with E-state index in [9.17, 15) is 14.4 Å². The third-order valence-corrected chi connectivity index (χ3v) is 6.88. The minimum atomic E-state index is -0.614. The Hall–Kier alpha value is -3.36. The molecule has 0 amide bonds. The number of carbonyl (C=O) groups is 2. The molecule has 4 aromatic rings. The van der Waals surface area contributed by atoms with Gasteiger partial charge < -0.3 is 4.74 Å². The Morgan fingerprint density at radius 2 is 1.76 bits per heavy atom. The second kappa shape index (κ2) is 11.2. The summed E-state index contributed by atoms with van der Waals surface area (Å²) in [7, 11) is 0. The number of halogens is 1. The van der Waals surface area contributed by atoms with E-state index >= 15 is 0 Å². The molecule has 0 aliphatic carbocycles. The van der Waals surface area contributed by atoms with Gasteiger partial charge in [-0.15, -0.1) is 11.8 Å². The largest absolute Gasteiger partial charge is 0.459 e. The second-order valence-corrected chi connectivity index (χ2v) is 11.1. The number of rotatable bonds is 8. The summed E-state index contributed by atoms with van der Waals surface area (Å²) < 4.78 is 8.52. The standard InChI is InChI=1S/C29H30ClN3O4S/c1-6-23(34)27-26(18-10-8-7-9-11-18)22-14-19(30)12-13-21(22)28(36)32(27)16-20-15-24(38-5)33(31-20)17-25(35)37-29(2,3)4/h7-15H,6,16-17H2,1-5H3. The lowest BCUT2D eigenvalue weighted by Crippen LogP contribution is -2.28. The first-order valence-corrected chi connectivity index (χ1v) is 13.9. The fourth-order valence-corrected chi connectivity index (χ4v) is 5.13. The van der Waals surface area contributed by atoms with Crippen LogP contribution in [0.2, 0.25) is 5.02 Å². The Morgan fingerprint density at radius 1 is 1.05 bits per heavy atom. The van der Waals surface area contributed by atoms with Crippen molar-refractivity contribution in [1.29, 1.82) is 0 Å². The number of esters is 1. The molecule has 7 nitrogen and oxygen atoms in total. The highest BCUT2D eigenvalue weighted by molar-refractivity contribution is 7.98. The van der Waals surface area contributed by atoms with Gasteiger partial charge in [0.15, 0.2) is 5.78 Å². The van der Waals surface area contributed by atoms with Crippen LogP contribution in [0.4, 0.5) is 0 Å². The van der Waals surface area contributed by atoms with Crippen LogP contribution in [0.15, 0.2) is 64.4 Å². The molecule has 2 aromatic heterocycles. The van der Waals surface area contributed by atoms with E-state index in [-0.39, 0.29) is 30.9 Å². The number of aromatic nitrogens is 3. The Balaban J connectivity index is 1.90. The molecule has 0 spiro atoms. The highest BCUT2D eigenvalue weighted by Crippen LogP contribution is 2.33. The Morgan fingerprint density at radius 3 is 2.39 bits per heavy atom. The molecule has 9 heteroatoms. The number of hydrogen-bond acceptors (Lipinski definition) is 6. The van der Waals surface area contributed by atoms with Gasteiger partial charge in [-0.05, 0) is 62.2 Å². The summed E-state index contributed by atoms with van der Waals surface area (Å²) in [5.74, 6) is -0.573. The summed E-state index contributed by atoms with van der Waals surface area (Å²) in [5, 5.41) is 6.92. The molecule has 198 valence electrons. The molecule has 2 heterocycles. The quantitative estimate of drug-likeness (QED) is 0.147. The van der Waals surface area contributed by atoms with E-state index in [0.29, 0.717) is 32.7 Å². The van der Waals surface area contributed by atoms with E-state index < -0.39 is 11.6 Å². The number of hydrogen-bond donors (Lipinski definition) is 0. The maximum atomic E-state index is 13.8. The molecular formula is C29H30ClN3O4S. The average molecular weight is 552 g/mol. The molecule has 0 N–H and O–H groups in total. The highest BCUT2D eigenvalue weighted by atomic mass is 35.5. The molecule has 0 aliphatic heterocycles. The predicted octanol–water partition coefficient (Wildman–Crippen LogP) is 6.22. The predicted molar refractivity (Wildman–Crippen MR) is 152 cm³/mol. The molecule has 0 saturated heterocycles. The van der Waals surface area contributed by atoms with E-state index in [0.717, 1.165) is 10.6 Å². The SMILES string of the molecule is CCC(=O)c1c(-c2ccccc2)c2cc(Cl)ccc2c(=O)n1Cc1cc(SC)n(CC(=O)OC(C)(C)C)n1. The molecular weight excluding hydrogens is 522 g/mol. The normalized spacial score (nSPS) is 11.6. The van der Waals surface area contributed by atoms with Gasteiger partial charge in [0.2, 0.25) is 0 Å². The summed E-state index contributed by atoms with van der Waals surface area (Å²) in [5.41, 5.74) is 1.42. The van der Waals surface area contributed by atoms with Crippen molar-refractivity contribution >= 4 is 45.9 Å². The van der Waals surface area contributed by atoms with Crippen molar-refractivity contribution in [2.45, 2.75) is 57.8 Å². The maximum Gasteiger partial charge on any atom is 0.328 e. The third kappa shape index (κ3) is 5.87. The van der Waals surface area contributed by atoms with Crippen molar-refractivity contribution in [3.05, 3.63) is 81.4 Å². The minimum absolute atomic E-state index is 0.0609. The average Bonchev–Trinajstić information content (AvgIpc) is 3.25. The zero-order chi connectivity index (χ0) is 27.6. The van der Waals surface area contributed by atoms with Gasteiger partial charge >= 0.3 is 5.97 Å². The van der Waals surface area contributed by atoms with Gasteiger partial charge in [0, 0.05) is 22.4 Å². The number of ketones is 1. The van der Waals surface area contributed by atoms with Gasteiger partial charge in [0.1, 0.15) is 12.1 Å². The van der Waals surface area contributed by atoms with E-state index in [1.54, 1.807) is 29.8 Å². The van der Waals surface area contributed by atoms with Crippen LogP contribution in [0, 0.1) is 0 Å². The fraction of sp³-hybridized carbons (Fsp3) is 0.310. The van der Waals surface area contributed by atoms with Gasteiger partial charge in [-0.25, -0.2) is 4.68 Å². The van der Waals surface area contributed by atoms with Crippen molar-refractivity contribution in [2.24, 2.45) is 0 Å². The van der Waals surface area contributed by atoms with Gasteiger partial charge in [-0.3, -0.25) is 19.0 Å². The van der Waals surface area contributed by atoms with E-state index in [2.05, 4.69) is 5.10 Å².